The molecule has 0 aliphatic heterocycles. The van der Waals surface area contributed by atoms with Crippen molar-refractivity contribution in [3.05, 3.63) is 48.0 Å². The first-order chi connectivity index (χ1) is 10.6. The van der Waals surface area contributed by atoms with Crippen LogP contribution in [0.25, 0.3) is 0 Å². The lowest BCUT2D eigenvalue weighted by atomic mass is 10.1. The van der Waals surface area contributed by atoms with Gasteiger partial charge in [0.1, 0.15) is 12.7 Å². The zero-order valence-electron chi connectivity index (χ0n) is 12.0. The predicted molar refractivity (Wildman–Crippen MR) is 76.3 cm³/mol. The van der Waals surface area contributed by atoms with Crippen molar-refractivity contribution in [1.82, 2.24) is 20.1 Å². The third-order valence-electron chi connectivity index (χ3n) is 3.07. The van der Waals surface area contributed by atoms with Crippen molar-refractivity contribution < 1.29 is 19.4 Å². The zero-order valence-corrected chi connectivity index (χ0v) is 12.0. The van der Waals surface area contributed by atoms with Gasteiger partial charge in [-0.1, -0.05) is 18.2 Å². The average Bonchev–Trinajstić information content (AvgIpc) is 3.01. The van der Waals surface area contributed by atoms with Crippen LogP contribution < -0.4 is 5.32 Å². The molecule has 0 saturated heterocycles. The number of aliphatic carboxylic acids is 1. The quantitative estimate of drug-likeness (QED) is 0.754. The van der Waals surface area contributed by atoms with Gasteiger partial charge in [-0.05, 0) is 11.6 Å². The number of carboxylic acid groups (broad SMARTS) is 1. The molecule has 2 N–H and O–H groups in total. The molecule has 0 spiro atoms. The highest BCUT2D eigenvalue weighted by Crippen LogP contribution is 2.10. The second-order valence-electron chi connectivity index (χ2n) is 4.52. The molecule has 2 aromatic rings. The van der Waals surface area contributed by atoms with E-state index in [2.05, 4.69) is 15.4 Å². The van der Waals surface area contributed by atoms with Crippen LogP contribution in [0.2, 0.25) is 0 Å². The smallest absolute Gasteiger partial charge is 0.334 e. The normalized spacial score (nSPS) is 11.9. The van der Waals surface area contributed by atoms with Crippen LogP contribution >= 0.6 is 0 Å². The highest BCUT2D eigenvalue weighted by molar-refractivity contribution is 5.95. The molecule has 8 heteroatoms. The molecule has 0 radical (unpaired) electrons. The van der Waals surface area contributed by atoms with Crippen molar-refractivity contribution in [2.75, 3.05) is 13.7 Å². The number of methoxy groups -OCH3 is 1. The molecule has 1 heterocycles. The van der Waals surface area contributed by atoms with E-state index in [1.54, 1.807) is 23.1 Å². The van der Waals surface area contributed by atoms with Crippen LogP contribution in [-0.4, -0.2) is 51.5 Å². The molecule has 0 aliphatic carbocycles. The lowest BCUT2D eigenvalue weighted by molar-refractivity contribution is -0.148. The van der Waals surface area contributed by atoms with Gasteiger partial charge in [0.25, 0.3) is 5.91 Å². The van der Waals surface area contributed by atoms with Crippen LogP contribution in [0.1, 0.15) is 15.9 Å². The number of amides is 1. The van der Waals surface area contributed by atoms with Gasteiger partial charge in [-0.25, -0.2) is 14.5 Å². The number of nitrogens with one attached hydrogen (secondary N) is 1. The lowest BCUT2D eigenvalue weighted by Gasteiger charge is -2.13. The summed E-state index contributed by atoms with van der Waals surface area (Å²) in [6.45, 7) is 0.290. The van der Waals surface area contributed by atoms with E-state index in [-0.39, 0.29) is 12.5 Å². The largest absolute Gasteiger partial charge is 0.479 e. The molecule has 8 nitrogen and oxygen atoms in total. The van der Waals surface area contributed by atoms with Gasteiger partial charge in [0.05, 0.1) is 13.1 Å². The van der Waals surface area contributed by atoms with Crippen molar-refractivity contribution in [2.24, 2.45) is 0 Å². The number of hydrogen-bond donors (Lipinski definition) is 2. The molecular weight excluding hydrogens is 288 g/mol. The zero-order chi connectivity index (χ0) is 15.9. The Morgan fingerprint density at radius 3 is 2.82 bits per heavy atom. The maximum absolute atomic E-state index is 12.2. The Bertz CT molecular complexity index is 642. The first-order valence-corrected chi connectivity index (χ1v) is 6.56. The van der Waals surface area contributed by atoms with Crippen molar-refractivity contribution in [2.45, 2.75) is 12.6 Å². The van der Waals surface area contributed by atoms with Crippen molar-refractivity contribution in [3.63, 3.8) is 0 Å². The molecule has 2 rings (SSSR count). The Morgan fingerprint density at radius 1 is 1.41 bits per heavy atom. The summed E-state index contributed by atoms with van der Waals surface area (Å²) in [5.41, 5.74) is 1.22. The summed E-state index contributed by atoms with van der Waals surface area (Å²) in [5, 5.41) is 15.4. The van der Waals surface area contributed by atoms with E-state index in [9.17, 15) is 9.59 Å². The third kappa shape index (κ3) is 3.89. The lowest BCUT2D eigenvalue weighted by Crippen LogP contribution is -2.38. The van der Waals surface area contributed by atoms with E-state index in [1.165, 1.54) is 13.4 Å². The minimum absolute atomic E-state index is 0.109. The van der Waals surface area contributed by atoms with Gasteiger partial charge in [-0.3, -0.25) is 4.79 Å². The summed E-state index contributed by atoms with van der Waals surface area (Å²) in [6, 6.07) is 7.04. The Kier molecular flexibility index (Phi) is 5.21. The first-order valence-electron chi connectivity index (χ1n) is 6.56. The number of carbonyl (C=O) groups excluding carboxylic acids is 1. The van der Waals surface area contributed by atoms with E-state index in [0.29, 0.717) is 12.1 Å². The average molecular weight is 304 g/mol. The number of rotatable bonds is 7. The van der Waals surface area contributed by atoms with Crippen LogP contribution in [0, 0.1) is 0 Å². The Morgan fingerprint density at radius 2 is 2.18 bits per heavy atom. The topological polar surface area (TPSA) is 106 Å². The number of hydrogen-bond acceptors (Lipinski definition) is 5. The van der Waals surface area contributed by atoms with Crippen molar-refractivity contribution in [3.8, 4) is 0 Å². The SMILES string of the molecule is COC(CNC(=O)c1ccccc1Cn1cncn1)C(=O)O. The highest BCUT2D eigenvalue weighted by Gasteiger charge is 2.18. The van der Waals surface area contributed by atoms with Gasteiger partial charge in [0, 0.05) is 12.7 Å². The molecule has 1 unspecified atom stereocenters. The standard InChI is InChI=1S/C14H16N4O4/c1-22-12(14(20)21)6-16-13(19)11-5-3-2-4-10(11)7-18-9-15-8-17-18/h2-5,8-9,12H,6-7H2,1H3,(H,16,19)(H,20,21). The van der Waals surface area contributed by atoms with E-state index < -0.39 is 12.1 Å². The van der Waals surface area contributed by atoms with E-state index in [4.69, 9.17) is 9.84 Å². The summed E-state index contributed by atoms with van der Waals surface area (Å²) in [6.07, 6.45) is 1.89. The second kappa shape index (κ2) is 7.32. The molecule has 22 heavy (non-hydrogen) atoms. The first kappa shape index (κ1) is 15.6. The fourth-order valence-electron chi connectivity index (χ4n) is 1.92. The number of nitrogens with zero attached hydrogens (tertiary/aromatic N) is 3. The van der Waals surface area contributed by atoms with Gasteiger partial charge < -0.3 is 15.2 Å². The molecule has 0 saturated carbocycles. The van der Waals surface area contributed by atoms with Crippen LogP contribution in [0.5, 0.6) is 0 Å². The molecule has 1 amide bonds. The Labute approximate surface area is 126 Å². The van der Waals surface area contributed by atoms with Crippen LogP contribution in [0.15, 0.2) is 36.9 Å². The number of carboxylic acids is 1. The number of aromatic nitrogens is 3. The second-order valence-corrected chi connectivity index (χ2v) is 4.52. The van der Waals surface area contributed by atoms with Crippen molar-refractivity contribution >= 4 is 11.9 Å². The third-order valence-corrected chi connectivity index (χ3v) is 3.07. The van der Waals surface area contributed by atoms with E-state index in [0.717, 1.165) is 5.56 Å². The van der Waals surface area contributed by atoms with Crippen LogP contribution in [-0.2, 0) is 16.1 Å². The van der Waals surface area contributed by atoms with Crippen LogP contribution in [0.4, 0.5) is 0 Å². The summed E-state index contributed by atoms with van der Waals surface area (Å²) in [5.74, 6) is -1.49. The minimum Gasteiger partial charge on any atom is -0.479 e. The minimum atomic E-state index is -1.13. The summed E-state index contributed by atoms with van der Waals surface area (Å²) in [7, 11) is 1.28. The number of benzene rings is 1. The van der Waals surface area contributed by atoms with Crippen LogP contribution in [0.3, 0.4) is 0 Å². The fourth-order valence-corrected chi connectivity index (χ4v) is 1.92. The Balaban J connectivity index is 2.08. The molecule has 0 bridgehead atoms. The van der Waals surface area contributed by atoms with Gasteiger partial charge in [-0.15, -0.1) is 0 Å². The molecule has 1 atom stereocenters. The molecular formula is C14H16N4O4. The predicted octanol–water partition coefficient (Wildman–Crippen LogP) is 0.156. The molecule has 116 valence electrons. The molecule has 1 aromatic carbocycles. The molecule has 0 aliphatic rings. The summed E-state index contributed by atoms with van der Waals surface area (Å²) in [4.78, 5) is 26.9. The van der Waals surface area contributed by atoms with Gasteiger partial charge in [-0.2, -0.15) is 5.10 Å². The highest BCUT2D eigenvalue weighted by atomic mass is 16.5. The van der Waals surface area contributed by atoms with Gasteiger partial charge >= 0.3 is 5.97 Å². The van der Waals surface area contributed by atoms with Crippen molar-refractivity contribution in [1.29, 1.82) is 0 Å². The van der Waals surface area contributed by atoms with Gasteiger partial charge in [0.2, 0.25) is 0 Å². The van der Waals surface area contributed by atoms with E-state index >= 15 is 0 Å². The molecule has 0 fully saturated rings. The monoisotopic (exact) mass is 304 g/mol. The maximum atomic E-state index is 12.2. The maximum Gasteiger partial charge on any atom is 0.334 e. The summed E-state index contributed by atoms with van der Waals surface area (Å²) < 4.78 is 6.38. The Hall–Kier alpha value is -2.74. The van der Waals surface area contributed by atoms with E-state index in [1.807, 2.05) is 12.1 Å². The molecule has 1 aromatic heterocycles. The number of carbonyl (C=O) groups is 2. The number of ether oxygens (including phenoxy) is 1. The fraction of sp³-hybridized carbons (Fsp3) is 0.286. The van der Waals surface area contributed by atoms with Gasteiger partial charge in [0.15, 0.2) is 6.10 Å². The summed E-state index contributed by atoms with van der Waals surface area (Å²) >= 11 is 0.